The smallest absolute Gasteiger partial charge is 0.332 e. The number of phenolic OH excluding ortho intramolecular Hbond substituents is 1. The quantitative estimate of drug-likeness (QED) is 0.158. The number of carbonyl (C=O) groups is 5. The number of amides is 2. The summed E-state index contributed by atoms with van der Waals surface area (Å²) in [5, 5.41) is 26.0. The maximum absolute atomic E-state index is 13.4. The molecule has 250 valence electrons. The van der Waals surface area contributed by atoms with Crippen LogP contribution in [0.4, 0.5) is 5.69 Å². The number of anilines is 1. The van der Waals surface area contributed by atoms with Crippen molar-refractivity contribution in [3.63, 3.8) is 0 Å². The van der Waals surface area contributed by atoms with Gasteiger partial charge in [-0.3, -0.25) is 19.2 Å². The fourth-order valence-electron chi connectivity index (χ4n) is 4.90. The van der Waals surface area contributed by atoms with Crippen molar-refractivity contribution in [3.05, 3.63) is 41.7 Å². The number of hydrogen-bond acceptors (Lipinski definition) is 12. The number of rotatable bonds is 11. The second-order valence-electron chi connectivity index (χ2n) is 11.4. The average Bonchev–Trinajstić information content (AvgIpc) is 3.01. The lowest BCUT2D eigenvalue weighted by Gasteiger charge is -2.29. The van der Waals surface area contributed by atoms with E-state index in [0.717, 1.165) is 6.42 Å². The van der Waals surface area contributed by atoms with Crippen LogP contribution in [0.2, 0.25) is 0 Å². The first-order chi connectivity index (χ1) is 21.8. The predicted molar refractivity (Wildman–Crippen MR) is 163 cm³/mol. The molecule has 1 aliphatic rings. The van der Waals surface area contributed by atoms with Gasteiger partial charge in [0.1, 0.15) is 12.2 Å². The van der Waals surface area contributed by atoms with Crippen molar-refractivity contribution >= 4 is 35.4 Å². The number of phenols is 1. The average molecular weight is 644 g/mol. The fraction of sp³-hybridized carbons (Fsp3) is 0.500. The molecule has 1 aromatic carbocycles. The van der Waals surface area contributed by atoms with Crippen LogP contribution in [0.1, 0.15) is 81.1 Å². The van der Waals surface area contributed by atoms with Crippen LogP contribution in [0.3, 0.4) is 0 Å². The van der Waals surface area contributed by atoms with E-state index < -0.39 is 77.2 Å². The van der Waals surface area contributed by atoms with E-state index in [2.05, 4.69) is 15.6 Å². The molecule has 5 atom stereocenters. The monoisotopic (exact) mass is 643 g/mol. The maximum Gasteiger partial charge on any atom is 0.332 e. The Hall–Kier alpha value is -4.88. The SMILES string of the molecule is CCCC[C@H]1C(=O)OC(C)C(NC(=O)c2cccc(NC(=O)c3nccc(OC)c3O)c2O)C(=O)O[C@@H](C)[C@@H]1OC(=O)CC(C)C. The summed E-state index contributed by atoms with van der Waals surface area (Å²) in [6, 6.07) is 3.75. The van der Waals surface area contributed by atoms with Gasteiger partial charge in [0.05, 0.1) is 24.3 Å². The summed E-state index contributed by atoms with van der Waals surface area (Å²) >= 11 is 0. The lowest BCUT2D eigenvalue weighted by Crippen LogP contribution is -2.50. The number of para-hydroxylation sites is 1. The Morgan fingerprint density at radius 1 is 1.00 bits per heavy atom. The zero-order chi connectivity index (χ0) is 34.1. The molecule has 0 aliphatic carbocycles. The molecule has 0 spiro atoms. The topological polar surface area (TPSA) is 200 Å². The highest BCUT2D eigenvalue weighted by Crippen LogP contribution is 2.32. The van der Waals surface area contributed by atoms with Gasteiger partial charge in [0.2, 0.25) is 0 Å². The van der Waals surface area contributed by atoms with Gasteiger partial charge < -0.3 is 39.8 Å². The summed E-state index contributed by atoms with van der Waals surface area (Å²) in [7, 11) is 1.30. The number of pyridine rings is 1. The van der Waals surface area contributed by atoms with Gasteiger partial charge in [-0.2, -0.15) is 0 Å². The largest absolute Gasteiger partial charge is 0.505 e. The number of carbonyl (C=O) groups excluding carboxylic acids is 5. The van der Waals surface area contributed by atoms with Gasteiger partial charge >= 0.3 is 17.9 Å². The first-order valence-electron chi connectivity index (χ1n) is 15.1. The number of hydrogen-bond donors (Lipinski definition) is 4. The number of esters is 3. The van der Waals surface area contributed by atoms with Crippen molar-refractivity contribution in [2.24, 2.45) is 11.8 Å². The normalized spacial score (nSPS) is 21.6. The molecule has 46 heavy (non-hydrogen) atoms. The van der Waals surface area contributed by atoms with Crippen LogP contribution in [0, 0.1) is 11.8 Å². The molecule has 3 rings (SSSR count). The number of benzene rings is 1. The van der Waals surface area contributed by atoms with E-state index in [0.29, 0.717) is 12.8 Å². The molecular formula is C32H41N3O11. The van der Waals surface area contributed by atoms with Crippen LogP contribution >= 0.6 is 0 Å². The van der Waals surface area contributed by atoms with Crippen molar-refractivity contribution in [1.29, 1.82) is 0 Å². The number of ether oxygens (including phenoxy) is 4. The van der Waals surface area contributed by atoms with E-state index in [4.69, 9.17) is 18.9 Å². The minimum atomic E-state index is -1.51. The molecule has 1 aromatic heterocycles. The van der Waals surface area contributed by atoms with E-state index in [1.807, 2.05) is 20.8 Å². The number of aromatic hydroxyl groups is 2. The van der Waals surface area contributed by atoms with Crippen LogP contribution in [0.15, 0.2) is 30.5 Å². The standard InChI is InChI=1S/C32H41N3O11/c1-7-8-10-20-28(46-23(36)15-16(2)3)18(5)45-32(42)24(17(4)44-31(20)41)35-29(39)19-11-9-12-21(26(19)37)34-30(40)25-27(38)22(43-6)13-14-33-25/h9,11-14,16-18,20,24,28,37-38H,7-8,10,15H2,1-6H3,(H,34,40)(H,35,39)/t17?,18-,20+,24?,28-/m0/s1. The van der Waals surface area contributed by atoms with Crippen LogP contribution in [0.25, 0.3) is 0 Å². The second kappa shape index (κ2) is 15.9. The zero-order valence-electron chi connectivity index (χ0n) is 26.7. The third-order valence-corrected chi connectivity index (χ3v) is 7.34. The minimum Gasteiger partial charge on any atom is -0.505 e. The van der Waals surface area contributed by atoms with Crippen molar-refractivity contribution in [2.45, 2.75) is 84.7 Å². The molecule has 2 aromatic rings. The Morgan fingerprint density at radius 2 is 1.70 bits per heavy atom. The lowest BCUT2D eigenvalue weighted by molar-refractivity contribution is -0.175. The highest BCUT2D eigenvalue weighted by molar-refractivity contribution is 6.08. The van der Waals surface area contributed by atoms with Gasteiger partial charge in [0.15, 0.2) is 35.1 Å². The molecule has 1 saturated heterocycles. The highest BCUT2D eigenvalue weighted by Gasteiger charge is 2.44. The van der Waals surface area contributed by atoms with Gasteiger partial charge in [-0.1, -0.05) is 39.7 Å². The van der Waals surface area contributed by atoms with Gasteiger partial charge in [-0.15, -0.1) is 0 Å². The minimum absolute atomic E-state index is 0.000232. The Morgan fingerprint density at radius 3 is 2.35 bits per heavy atom. The summed E-state index contributed by atoms with van der Waals surface area (Å²) in [6.45, 7) is 8.53. The molecule has 0 radical (unpaired) electrons. The van der Waals surface area contributed by atoms with Crippen molar-refractivity contribution in [3.8, 4) is 17.2 Å². The molecule has 2 unspecified atom stereocenters. The van der Waals surface area contributed by atoms with Crippen molar-refractivity contribution < 1.29 is 53.1 Å². The molecule has 2 heterocycles. The lowest BCUT2D eigenvalue weighted by atomic mass is 9.92. The molecule has 4 N–H and O–H groups in total. The van der Waals surface area contributed by atoms with Crippen molar-refractivity contribution in [1.82, 2.24) is 10.3 Å². The van der Waals surface area contributed by atoms with Gasteiger partial charge in [-0.05, 0) is 38.3 Å². The van der Waals surface area contributed by atoms with Crippen molar-refractivity contribution in [2.75, 3.05) is 12.4 Å². The number of methoxy groups -OCH3 is 1. The summed E-state index contributed by atoms with van der Waals surface area (Å²) in [5.74, 6) is -6.16. The van der Waals surface area contributed by atoms with Crippen LogP contribution in [-0.2, 0) is 28.6 Å². The highest BCUT2D eigenvalue weighted by atomic mass is 16.6. The number of unbranched alkanes of at least 4 members (excludes halogenated alkanes) is 1. The number of cyclic esters (lactones) is 2. The number of aromatic nitrogens is 1. The maximum atomic E-state index is 13.4. The van der Waals surface area contributed by atoms with Gasteiger partial charge in [0, 0.05) is 18.7 Å². The Labute approximate surface area is 266 Å². The summed E-state index contributed by atoms with van der Waals surface area (Å²) in [6.07, 6.45) is -0.358. The Kier molecular flexibility index (Phi) is 12.3. The molecule has 1 fully saturated rings. The summed E-state index contributed by atoms with van der Waals surface area (Å²) < 4.78 is 21.9. The zero-order valence-corrected chi connectivity index (χ0v) is 26.7. The van der Waals surface area contributed by atoms with Gasteiger partial charge in [-0.25, -0.2) is 9.78 Å². The first-order valence-corrected chi connectivity index (χ1v) is 15.1. The Balaban J connectivity index is 1.85. The molecule has 1 aliphatic heterocycles. The summed E-state index contributed by atoms with van der Waals surface area (Å²) in [5.41, 5.74) is -0.921. The van der Waals surface area contributed by atoms with Crippen LogP contribution < -0.4 is 15.4 Å². The molecule has 2 amide bonds. The van der Waals surface area contributed by atoms with E-state index in [1.165, 1.54) is 51.4 Å². The van der Waals surface area contributed by atoms with Gasteiger partial charge in [0.25, 0.3) is 11.8 Å². The predicted octanol–water partition coefficient (Wildman–Crippen LogP) is 3.49. The first kappa shape index (κ1) is 35.6. The third kappa shape index (κ3) is 8.64. The molecule has 0 bridgehead atoms. The number of nitrogens with zero attached hydrogens (tertiary/aromatic N) is 1. The molecular weight excluding hydrogens is 602 g/mol. The third-order valence-electron chi connectivity index (χ3n) is 7.34. The van der Waals surface area contributed by atoms with E-state index in [-0.39, 0.29) is 29.3 Å². The van der Waals surface area contributed by atoms with E-state index in [1.54, 1.807) is 0 Å². The second-order valence-corrected chi connectivity index (χ2v) is 11.4. The van der Waals surface area contributed by atoms with Crippen LogP contribution in [0.5, 0.6) is 17.2 Å². The van der Waals surface area contributed by atoms with E-state index >= 15 is 0 Å². The molecule has 0 saturated carbocycles. The number of nitrogens with one attached hydrogen (secondary N) is 2. The molecule has 14 nitrogen and oxygen atoms in total. The molecule has 14 heteroatoms. The fourth-order valence-corrected chi connectivity index (χ4v) is 4.90. The Bertz CT molecular complexity index is 1440. The van der Waals surface area contributed by atoms with E-state index in [9.17, 15) is 34.2 Å². The van der Waals surface area contributed by atoms with Crippen LogP contribution in [-0.4, -0.2) is 76.4 Å². The summed E-state index contributed by atoms with van der Waals surface area (Å²) in [4.78, 5) is 69.3.